The Bertz CT molecular complexity index is 3640. The van der Waals surface area contributed by atoms with Crippen LogP contribution in [0.5, 0.6) is 0 Å². The molecule has 2 aliphatic rings. The number of nitrogens with zero attached hydrogens (tertiary/aromatic N) is 3. The Morgan fingerprint density at radius 3 is 1.51 bits per heavy atom. The first-order chi connectivity index (χ1) is 34.0. The van der Waals surface area contributed by atoms with E-state index in [2.05, 4.69) is 215 Å². The molecule has 0 atom stereocenters. The van der Waals surface area contributed by atoms with Crippen LogP contribution in [-0.2, 0) is 10.8 Å². The van der Waals surface area contributed by atoms with Gasteiger partial charge in [-0.2, -0.15) is 0 Å². The van der Waals surface area contributed by atoms with Crippen LogP contribution in [0.2, 0.25) is 0 Å². The molecule has 0 saturated heterocycles. The van der Waals surface area contributed by atoms with Crippen LogP contribution in [0, 0.1) is 13.8 Å². The average Bonchev–Trinajstić information content (AvgIpc) is 3.93. The summed E-state index contributed by atoms with van der Waals surface area (Å²) in [6.45, 7) is 13.5. The number of aryl methyl sites for hydroxylation is 2. The van der Waals surface area contributed by atoms with Gasteiger partial charge in [0.25, 0.3) is 6.71 Å². The van der Waals surface area contributed by atoms with Crippen molar-refractivity contribution in [2.24, 2.45) is 0 Å². The van der Waals surface area contributed by atoms with Crippen molar-refractivity contribution in [2.75, 3.05) is 14.7 Å². The fraction of sp³-hybridized carbons (Fsp3) is 0.161. The van der Waals surface area contributed by atoms with Gasteiger partial charge in [0, 0.05) is 67.8 Å². The molecule has 0 spiro atoms. The van der Waals surface area contributed by atoms with Gasteiger partial charge >= 0.3 is 0 Å². The van der Waals surface area contributed by atoms with Gasteiger partial charge in [-0.25, -0.2) is 0 Å². The molecule has 0 N–H and O–H groups in total. The second-order valence-electron chi connectivity index (χ2n) is 20.5. The summed E-state index contributed by atoms with van der Waals surface area (Å²) >= 11 is 3.82. The van der Waals surface area contributed by atoms with E-state index in [1.807, 2.05) is 53.0 Å². The molecule has 0 saturated carbocycles. The summed E-state index contributed by atoms with van der Waals surface area (Å²) < 4.78 is 31.1. The quantitative estimate of drug-likeness (QED) is 0.154. The zero-order valence-electron chi connectivity index (χ0n) is 42.6. The standard InChI is InChI=1S/C62H54BN3S2/c1-39-24-29-46(30-25-39)65-52-37-47(64(44-20-14-10-15-21-44)45-22-16-11-17-23-45)38-53-56(52)63(59-57(65)49-35-42(61(3,4)5)27-32-54(49)67-59)60-58(50-36-43(62(6,7)8)28-33-55(50)68-60)66(53)51-31-26-40(2)34-48(51)41-18-12-9-13-19-41/h9-38H,1-8H3/i2D3. The molecule has 68 heavy (non-hydrogen) atoms. The van der Waals surface area contributed by atoms with Gasteiger partial charge in [-0.1, -0.05) is 150 Å². The van der Waals surface area contributed by atoms with Gasteiger partial charge in [0.05, 0.1) is 22.7 Å². The van der Waals surface area contributed by atoms with Crippen molar-refractivity contribution in [3.8, 4) is 11.1 Å². The number of benzene rings is 8. The summed E-state index contributed by atoms with van der Waals surface area (Å²) in [5.41, 5.74) is 16.6. The first-order valence-electron chi connectivity index (χ1n) is 25.1. The van der Waals surface area contributed by atoms with E-state index in [9.17, 15) is 0 Å². The molecule has 2 aliphatic heterocycles. The number of hydrogen-bond acceptors (Lipinski definition) is 5. The molecule has 12 rings (SSSR count). The van der Waals surface area contributed by atoms with Crippen LogP contribution in [-0.4, -0.2) is 6.71 Å². The van der Waals surface area contributed by atoms with Crippen LogP contribution < -0.4 is 29.7 Å². The summed E-state index contributed by atoms with van der Waals surface area (Å²) in [4.78, 5) is 7.44. The predicted octanol–water partition coefficient (Wildman–Crippen LogP) is 16.5. The average molecular weight is 919 g/mol. The molecule has 332 valence electrons. The number of para-hydroxylation sites is 2. The molecule has 0 bridgehead atoms. The largest absolute Gasteiger partial charge is 0.310 e. The Balaban J connectivity index is 1.28. The molecule has 3 nitrogen and oxygen atoms in total. The molecule has 4 heterocycles. The summed E-state index contributed by atoms with van der Waals surface area (Å²) in [6, 6.07) is 65.5. The summed E-state index contributed by atoms with van der Waals surface area (Å²) in [7, 11) is 0. The predicted molar refractivity (Wildman–Crippen MR) is 298 cm³/mol. The first-order valence-corrected chi connectivity index (χ1v) is 25.3. The van der Waals surface area contributed by atoms with Crippen molar-refractivity contribution in [1.29, 1.82) is 0 Å². The van der Waals surface area contributed by atoms with Crippen molar-refractivity contribution >= 4 is 116 Å². The highest BCUT2D eigenvalue weighted by Crippen LogP contribution is 2.54. The van der Waals surface area contributed by atoms with E-state index >= 15 is 0 Å². The topological polar surface area (TPSA) is 9.72 Å². The monoisotopic (exact) mass is 918 g/mol. The van der Waals surface area contributed by atoms with E-state index in [0.29, 0.717) is 5.56 Å². The Hall–Kier alpha value is -6.86. The van der Waals surface area contributed by atoms with Gasteiger partial charge < -0.3 is 14.7 Å². The Morgan fingerprint density at radius 2 is 0.985 bits per heavy atom. The van der Waals surface area contributed by atoms with E-state index in [0.717, 1.165) is 56.6 Å². The highest BCUT2D eigenvalue weighted by atomic mass is 32.1. The lowest BCUT2D eigenvalue weighted by Gasteiger charge is -2.43. The maximum atomic E-state index is 8.66. The van der Waals surface area contributed by atoms with Gasteiger partial charge in [0.1, 0.15) is 0 Å². The van der Waals surface area contributed by atoms with Crippen LogP contribution >= 0.6 is 22.7 Å². The van der Waals surface area contributed by atoms with Crippen molar-refractivity contribution in [2.45, 2.75) is 66.1 Å². The van der Waals surface area contributed by atoms with Crippen LogP contribution in [0.1, 0.15) is 67.9 Å². The van der Waals surface area contributed by atoms with Gasteiger partial charge in [0.2, 0.25) is 0 Å². The fourth-order valence-corrected chi connectivity index (χ4v) is 13.1. The lowest BCUT2D eigenvalue weighted by molar-refractivity contribution is 0.591. The van der Waals surface area contributed by atoms with Crippen molar-refractivity contribution in [3.05, 3.63) is 204 Å². The van der Waals surface area contributed by atoms with Crippen LogP contribution in [0.15, 0.2) is 182 Å². The normalized spacial score (nSPS) is 14.0. The third-order valence-corrected chi connectivity index (χ3v) is 16.3. The molecule has 8 aromatic carbocycles. The zero-order chi connectivity index (χ0) is 49.1. The Kier molecular flexibility index (Phi) is 9.14. The summed E-state index contributed by atoms with van der Waals surface area (Å²) in [6.07, 6.45) is 0. The summed E-state index contributed by atoms with van der Waals surface area (Å²) in [5, 5.41) is 2.45. The number of fused-ring (bicyclic) bond motifs is 8. The third kappa shape index (κ3) is 6.91. The SMILES string of the molecule is [2H]C([2H])([2H])c1ccc(N2c3cc(N(c4ccccc4)c4ccccc4)cc4c3B(c3sc5ccc(C(C)(C)C)cc5c3N4c3ccc(C)cc3)c3sc4ccc(C(C)(C)C)cc4c32)c(-c2ccccc2)c1. The molecule has 0 fully saturated rings. The van der Waals surface area contributed by atoms with Crippen LogP contribution in [0.25, 0.3) is 31.3 Å². The van der Waals surface area contributed by atoms with Gasteiger partial charge in [0.15, 0.2) is 0 Å². The number of hydrogen-bond donors (Lipinski definition) is 0. The van der Waals surface area contributed by atoms with Crippen molar-refractivity contribution in [3.63, 3.8) is 0 Å². The van der Waals surface area contributed by atoms with E-state index in [1.54, 1.807) is 0 Å². The molecule has 10 aromatic rings. The highest BCUT2D eigenvalue weighted by molar-refractivity contribution is 7.40. The van der Waals surface area contributed by atoms with Crippen LogP contribution in [0.3, 0.4) is 0 Å². The number of rotatable bonds is 6. The summed E-state index contributed by atoms with van der Waals surface area (Å²) in [5.74, 6) is 0. The second kappa shape index (κ2) is 15.9. The lowest BCUT2D eigenvalue weighted by Crippen LogP contribution is -2.59. The number of anilines is 9. The molecule has 6 heteroatoms. The van der Waals surface area contributed by atoms with Gasteiger partial charge in [-0.3, -0.25) is 0 Å². The highest BCUT2D eigenvalue weighted by Gasteiger charge is 2.48. The molecule has 0 unspecified atom stereocenters. The first kappa shape index (κ1) is 39.2. The van der Waals surface area contributed by atoms with Crippen LogP contribution in [0.4, 0.5) is 51.2 Å². The van der Waals surface area contributed by atoms with Crippen molar-refractivity contribution in [1.82, 2.24) is 0 Å². The second-order valence-corrected chi connectivity index (χ2v) is 22.7. The number of thiophene rings is 2. The van der Waals surface area contributed by atoms with E-state index in [1.165, 1.54) is 57.6 Å². The molecule has 0 aliphatic carbocycles. The van der Waals surface area contributed by atoms with E-state index in [4.69, 9.17) is 4.11 Å². The molecular formula is C62H54BN3S2. The maximum absolute atomic E-state index is 8.66. The van der Waals surface area contributed by atoms with Crippen molar-refractivity contribution < 1.29 is 4.11 Å². The molecule has 0 radical (unpaired) electrons. The Morgan fingerprint density at radius 1 is 0.485 bits per heavy atom. The Labute approximate surface area is 413 Å². The smallest absolute Gasteiger partial charge is 0.277 e. The van der Waals surface area contributed by atoms with Gasteiger partial charge in [-0.05, 0) is 132 Å². The minimum atomic E-state index is -2.30. The van der Waals surface area contributed by atoms with E-state index in [-0.39, 0.29) is 17.5 Å². The van der Waals surface area contributed by atoms with E-state index < -0.39 is 6.85 Å². The molecular weight excluding hydrogens is 862 g/mol. The minimum Gasteiger partial charge on any atom is -0.310 e. The molecule has 0 amide bonds. The fourth-order valence-electron chi connectivity index (χ4n) is 10.4. The molecule has 2 aromatic heterocycles. The zero-order valence-corrected chi connectivity index (χ0v) is 41.2. The minimum absolute atomic E-state index is 0.0587. The lowest BCUT2D eigenvalue weighted by atomic mass is 9.39. The van der Waals surface area contributed by atoms with Gasteiger partial charge in [-0.15, -0.1) is 22.7 Å². The maximum Gasteiger partial charge on any atom is 0.277 e. The third-order valence-electron chi connectivity index (χ3n) is 13.9.